The molecule has 2 aliphatic rings. The number of phenols is 1. The summed E-state index contributed by atoms with van der Waals surface area (Å²) < 4.78 is 5.45. The Labute approximate surface area is 149 Å². The number of hydrogen-bond donors (Lipinski definition) is 2. The first-order chi connectivity index (χ1) is 12.3. The quantitative estimate of drug-likeness (QED) is 0.897. The van der Waals surface area contributed by atoms with E-state index in [9.17, 15) is 5.11 Å². The molecular formula is C21H26N2O2. The Bertz CT molecular complexity index is 726. The van der Waals surface area contributed by atoms with E-state index in [4.69, 9.17) is 4.74 Å². The number of anilines is 1. The summed E-state index contributed by atoms with van der Waals surface area (Å²) in [7, 11) is 0. The van der Waals surface area contributed by atoms with Crippen LogP contribution in [0.4, 0.5) is 5.69 Å². The summed E-state index contributed by atoms with van der Waals surface area (Å²) in [5.41, 5.74) is 5.21. The molecule has 4 rings (SSSR count). The standard InChI is InChI=1S/C21H26N2O2/c24-19-8-7-17-4-2-6-21(20(17)14-19)22-15-16-3-1-5-18(13-16)23-9-11-25-12-10-23/h1,3,5,7-8,13-14,21-22,24H,2,4,6,9-12,15H2. The average Bonchev–Trinajstić information content (AvgIpc) is 2.67. The van der Waals surface area contributed by atoms with Gasteiger partial charge >= 0.3 is 0 Å². The lowest BCUT2D eigenvalue weighted by atomic mass is 9.87. The van der Waals surface area contributed by atoms with Gasteiger partial charge in [-0.2, -0.15) is 0 Å². The third-order valence-electron chi connectivity index (χ3n) is 5.28. The maximum absolute atomic E-state index is 9.83. The molecular weight excluding hydrogens is 312 g/mol. The van der Waals surface area contributed by atoms with E-state index < -0.39 is 0 Å². The fraction of sp³-hybridized carbons (Fsp3) is 0.429. The highest BCUT2D eigenvalue weighted by Gasteiger charge is 2.20. The van der Waals surface area contributed by atoms with Crippen molar-refractivity contribution in [2.45, 2.75) is 31.8 Å². The average molecular weight is 338 g/mol. The Balaban J connectivity index is 1.45. The molecule has 0 amide bonds. The van der Waals surface area contributed by atoms with Crippen LogP contribution in [0.25, 0.3) is 0 Å². The van der Waals surface area contributed by atoms with Crippen LogP contribution in [0.3, 0.4) is 0 Å². The van der Waals surface area contributed by atoms with Crippen LogP contribution in [0, 0.1) is 0 Å². The highest BCUT2D eigenvalue weighted by Crippen LogP contribution is 2.32. The molecule has 0 saturated carbocycles. The van der Waals surface area contributed by atoms with E-state index in [1.165, 1.54) is 28.8 Å². The summed E-state index contributed by atoms with van der Waals surface area (Å²) in [5, 5.41) is 13.5. The lowest BCUT2D eigenvalue weighted by Gasteiger charge is -2.29. The molecule has 132 valence electrons. The van der Waals surface area contributed by atoms with Crippen LogP contribution in [-0.2, 0) is 17.7 Å². The van der Waals surface area contributed by atoms with Gasteiger partial charge in [-0.05, 0) is 60.2 Å². The van der Waals surface area contributed by atoms with Crippen LogP contribution in [0.1, 0.15) is 35.6 Å². The fourth-order valence-electron chi connectivity index (χ4n) is 3.92. The van der Waals surface area contributed by atoms with Crippen molar-refractivity contribution >= 4 is 5.69 Å². The van der Waals surface area contributed by atoms with Gasteiger partial charge in [0.05, 0.1) is 13.2 Å². The molecule has 2 aromatic carbocycles. The zero-order chi connectivity index (χ0) is 17.1. The molecule has 1 aliphatic heterocycles. The van der Waals surface area contributed by atoms with E-state index in [1.807, 2.05) is 6.07 Å². The summed E-state index contributed by atoms with van der Waals surface area (Å²) in [6.07, 6.45) is 3.43. The Morgan fingerprint density at radius 3 is 2.88 bits per heavy atom. The first-order valence-corrected chi connectivity index (χ1v) is 9.26. The maximum Gasteiger partial charge on any atom is 0.115 e. The fourth-order valence-corrected chi connectivity index (χ4v) is 3.92. The van der Waals surface area contributed by atoms with Crippen LogP contribution in [0.2, 0.25) is 0 Å². The second-order valence-electron chi connectivity index (χ2n) is 6.98. The minimum Gasteiger partial charge on any atom is -0.508 e. The molecule has 1 aliphatic carbocycles. The minimum atomic E-state index is 0.322. The van der Waals surface area contributed by atoms with Crippen molar-refractivity contribution in [2.24, 2.45) is 0 Å². The molecule has 1 unspecified atom stereocenters. The number of aryl methyl sites for hydroxylation is 1. The molecule has 4 nitrogen and oxygen atoms in total. The van der Waals surface area contributed by atoms with Gasteiger partial charge in [0.1, 0.15) is 5.75 Å². The molecule has 0 spiro atoms. The van der Waals surface area contributed by atoms with Gasteiger partial charge in [0, 0.05) is 31.4 Å². The zero-order valence-corrected chi connectivity index (χ0v) is 14.6. The number of fused-ring (bicyclic) bond motifs is 1. The van der Waals surface area contributed by atoms with Gasteiger partial charge in [-0.25, -0.2) is 0 Å². The van der Waals surface area contributed by atoms with Crippen LogP contribution in [-0.4, -0.2) is 31.4 Å². The highest BCUT2D eigenvalue weighted by molar-refractivity contribution is 5.49. The number of hydrogen-bond acceptors (Lipinski definition) is 4. The molecule has 1 heterocycles. The van der Waals surface area contributed by atoms with Crippen molar-refractivity contribution in [1.82, 2.24) is 5.32 Å². The number of rotatable bonds is 4. The summed E-state index contributed by atoms with van der Waals surface area (Å²) in [5.74, 6) is 0.363. The summed E-state index contributed by atoms with van der Waals surface area (Å²) in [6, 6.07) is 14.9. The van der Waals surface area contributed by atoms with Crippen molar-refractivity contribution in [3.63, 3.8) is 0 Å². The largest absolute Gasteiger partial charge is 0.508 e. The van der Waals surface area contributed by atoms with Crippen molar-refractivity contribution in [3.05, 3.63) is 59.2 Å². The third kappa shape index (κ3) is 3.80. The van der Waals surface area contributed by atoms with Crippen molar-refractivity contribution < 1.29 is 9.84 Å². The predicted molar refractivity (Wildman–Crippen MR) is 100 cm³/mol. The number of ether oxygens (including phenoxy) is 1. The monoisotopic (exact) mass is 338 g/mol. The van der Waals surface area contributed by atoms with Crippen LogP contribution in [0.5, 0.6) is 5.75 Å². The molecule has 0 radical (unpaired) electrons. The van der Waals surface area contributed by atoms with Crippen LogP contribution in [0.15, 0.2) is 42.5 Å². The van der Waals surface area contributed by atoms with Crippen molar-refractivity contribution in [3.8, 4) is 5.75 Å². The first kappa shape index (κ1) is 16.4. The topological polar surface area (TPSA) is 44.7 Å². The first-order valence-electron chi connectivity index (χ1n) is 9.26. The Morgan fingerprint density at radius 1 is 1.12 bits per heavy atom. The van der Waals surface area contributed by atoms with E-state index in [1.54, 1.807) is 6.07 Å². The minimum absolute atomic E-state index is 0.322. The van der Waals surface area contributed by atoms with Gasteiger partial charge in [-0.15, -0.1) is 0 Å². The number of phenolic OH excluding ortho intramolecular Hbond substituents is 1. The van der Waals surface area contributed by atoms with Crippen molar-refractivity contribution in [1.29, 1.82) is 0 Å². The van der Waals surface area contributed by atoms with E-state index in [-0.39, 0.29) is 0 Å². The van der Waals surface area contributed by atoms with E-state index in [0.29, 0.717) is 11.8 Å². The van der Waals surface area contributed by atoms with Gasteiger partial charge in [0.25, 0.3) is 0 Å². The molecule has 25 heavy (non-hydrogen) atoms. The van der Waals surface area contributed by atoms with Gasteiger partial charge in [-0.1, -0.05) is 18.2 Å². The Hall–Kier alpha value is -2.04. The molecule has 1 fully saturated rings. The SMILES string of the molecule is Oc1ccc2c(c1)C(NCc1cccc(N3CCOCC3)c1)CCC2. The van der Waals surface area contributed by atoms with Crippen molar-refractivity contribution in [2.75, 3.05) is 31.2 Å². The van der Waals surface area contributed by atoms with Crippen LogP contribution >= 0.6 is 0 Å². The van der Waals surface area contributed by atoms with Gasteiger partial charge in [0.2, 0.25) is 0 Å². The van der Waals surface area contributed by atoms with E-state index >= 15 is 0 Å². The number of benzene rings is 2. The highest BCUT2D eigenvalue weighted by atomic mass is 16.5. The molecule has 4 heteroatoms. The predicted octanol–water partition coefficient (Wildman–Crippen LogP) is 3.40. The number of nitrogens with one attached hydrogen (secondary N) is 1. The summed E-state index contributed by atoms with van der Waals surface area (Å²) >= 11 is 0. The van der Waals surface area contributed by atoms with Gasteiger partial charge < -0.3 is 20.1 Å². The second kappa shape index (κ2) is 7.46. The number of aromatic hydroxyl groups is 1. The van der Waals surface area contributed by atoms with Crippen LogP contribution < -0.4 is 10.2 Å². The summed E-state index contributed by atoms with van der Waals surface area (Å²) in [6.45, 7) is 4.39. The smallest absolute Gasteiger partial charge is 0.115 e. The van der Waals surface area contributed by atoms with E-state index in [0.717, 1.165) is 45.7 Å². The molecule has 0 bridgehead atoms. The molecule has 2 aromatic rings. The molecule has 0 aromatic heterocycles. The normalized spacial score (nSPS) is 20.3. The van der Waals surface area contributed by atoms with E-state index in [2.05, 4.69) is 40.5 Å². The third-order valence-corrected chi connectivity index (χ3v) is 5.28. The molecule has 2 N–H and O–H groups in total. The summed E-state index contributed by atoms with van der Waals surface area (Å²) in [4.78, 5) is 2.39. The Kier molecular flexibility index (Phi) is 4.90. The lowest BCUT2D eigenvalue weighted by Crippen LogP contribution is -2.36. The Morgan fingerprint density at radius 2 is 2.00 bits per heavy atom. The maximum atomic E-state index is 9.83. The van der Waals surface area contributed by atoms with Gasteiger partial charge in [0.15, 0.2) is 0 Å². The molecule has 1 saturated heterocycles. The van der Waals surface area contributed by atoms with Gasteiger partial charge in [-0.3, -0.25) is 0 Å². The molecule has 1 atom stereocenters. The zero-order valence-electron chi connectivity index (χ0n) is 14.6. The second-order valence-corrected chi connectivity index (χ2v) is 6.98. The lowest BCUT2D eigenvalue weighted by molar-refractivity contribution is 0.122. The number of nitrogens with zero attached hydrogens (tertiary/aromatic N) is 1. The number of morpholine rings is 1.